The first-order valence-corrected chi connectivity index (χ1v) is 10.2. The average molecular weight is 353 g/mol. The van der Waals surface area contributed by atoms with Crippen molar-refractivity contribution in [2.24, 2.45) is 5.92 Å². The Morgan fingerprint density at radius 3 is 2.50 bits per heavy atom. The topological polar surface area (TPSA) is 75.3 Å². The Bertz CT molecular complexity index is 655. The fourth-order valence-electron chi connectivity index (χ4n) is 3.04. The van der Waals surface area contributed by atoms with Crippen LogP contribution in [0.15, 0.2) is 29.2 Å². The maximum absolute atomic E-state index is 12.3. The van der Waals surface area contributed by atoms with E-state index in [0.717, 1.165) is 25.7 Å². The van der Waals surface area contributed by atoms with E-state index in [-0.39, 0.29) is 22.9 Å². The van der Waals surface area contributed by atoms with Crippen LogP contribution in [0.4, 0.5) is 0 Å². The van der Waals surface area contributed by atoms with Gasteiger partial charge in [0.05, 0.1) is 4.90 Å². The van der Waals surface area contributed by atoms with Gasteiger partial charge in [-0.3, -0.25) is 4.79 Å². The van der Waals surface area contributed by atoms with Crippen molar-refractivity contribution in [3.8, 4) is 0 Å². The number of carbonyl (C=O) groups excluding carboxylic acids is 1. The summed E-state index contributed by atoms with van der Waals surface area (Å²) in [5.41, 5.74) is 0.496. The summed E-state index contributed by atoms with van der Waals surface area (Å²) in [6.07, 6.45) is 5.12. The molecule has 2 N–H and O–H groups in total. The van der Waals surface area contributed by atoms with Gasteiger partial charge in [0.2, 0.25) is 10.0 Å². The molecule has 134 valence electrons. The molecule has 1 amide bonds. The zero-order chi connectivity index (χ0) is 17.7. The van der Waals surface area contributed by atoms with E-state index >= 15 is 0 Å². The van der Waals surface area contributed by atoms with Gasteiger partial charge in [-0.25, -0.2) is 13.1 Å². The molecule has 1 aromatic carbocycles. The van der Waals surface area contributed by atoms with Gasteiger partial charge in [0, 0.05) is 17.6 Å². The molecule has 2 rings (SSSR count). The molecule has 3 atom stereocenters. The van der Waals surface area contributed by atoms with Crippen molar-refractivity contribution in [1.82, 2.24) is 10.0 Å². The van der Waals surface area contributed by atoms with Crippen molar-refractivity contribution in [1.29, 1.82) is 0 Å². The molecule has 6 heteroatoms. The largest absolute Gasteiger partial charge is 0.349 e. The second-order valence-electron chi connectivity index (χ2n) is 6.90. The SMILES string of the molecule is CC[C@@H](C)NS(=O)(=O)c1ccc(C(=O)N[C@H]2CCC[C@H](C)C2)cc1. The molecular weight excluding hydrogens is 324 g/mol. The first kappa shape index (κ1) is 18.9. The quantitative estimate of drug-likeness (QED) is 0.826. The highest BCUT2D eigenvalue weighted by Crippen LogP contribution is 2.23. The molecule has 1 aliphatic carbocycles. The number of nitrogens with one attached hydrogen (secondary N) is 2. The molecule has 1 fully saturated rings. The van der Waals surface area contributed by atoms with Gasteiger partial charge in [-0.05, 0) is 56.4 Å². The van der Waals surface area contributed by atoms with E-state index in [2.05, 4.69) is 17.0 Å². The number of amides is 1. The van der Waals surface area contributed by atoms with Crippen molar-refractivity contribution in [3.05, 3.63) is 29.8 Å². The lowest BCUT2D eigenvalue weighted by Crippen LogP contribution is -2.38. The van der Waals surface area contributed by atoms with Gasteiger partial charge in [-0.1, -0.05) is 26.7 Å². The molecule has 5 nitrogen and oxygen atoms in total. The van der Waals surface area contributed by atoms with E-state index in [1.54, 1.807) is 12.1 Å². The first-order chi connectivity index (χ1) is 11.3. The second kappa shape index (κ2) is 8.12. The zero-order valence-electron chi connectivity index (χ0n) is 14.7. The van der Waals surface area contributed by atoms with Gasteiger partial charge in [0.25, 0.3) is 5.91 Å². The number of hydrogen-bond acceptors (Lipinski definition) is 3. The highest BCUT2D eigenvalue weighted by molar-refractivity contribution is 7.89. The Balaban J connectivity index is 2.02. The number of carbonyl (C=O) groups is 1. The molecule has 0 aliphatic heterocycles. The Kier molecular flexibility index (Phi) is 6.40. The lowest BCUT2D eigenvalue weighted by molar-refractivity contribution is 0.0921. The van der Waals surface area contributed by atoms with Crippen molar-refractivity contribution in [3.63, 3.8) is 0 Å². The molecule has 24 heavy (non-hydrogen) atoms. The smallest absolute Gasteiger partial charge is 0.251 e. The van der Waals surface area contributed by atoms with Gasteiger partial charge >= 0.3 is 0 Å². The van der Waals surface area contributed by atoms with Crippen LogP contribution in [0.25, 0.3) is 0 Å². The van der Waals surface area contributed by atoms with E-state index in [1.807, 2.05) is 13.8 Å². The Hall–Kier alpha value is -1.40. The minimum Gasteiger partial charge on any atom is -0.349 e. The number of sulfonamides is 1. The fourth-order valence-corrected chi connectivity index (χ4v) is 4.36. The van der Waals surface area contributed by atoms with Gasteiger partial charge in [0.15, 0.2) is 0 Å². The predicted octanol–water partition coefficient (Wildman–Crippen LogP) is 3.07. The third-order valence-corrected chi connectivity index (χ3v) is 6.27. The van der Waals surface area contributed by atoms with E-state index in [4.69, 9.17) is 0 Å². The molecule has 0 unspecified atom stereocenters. The lowest BCUT2D eigenvalue weighted by Gasteiger charge is -2.27. The van der Waals surface area contributed by atoms with Crippen LogP contribution >= 0.6 is 0 Å². The monoisotopic (exact) mass is 352 g/mol. The summed E-state index contributed by atoms with van der Waals surface area (Å²) >= 11 is 0. The van der Waals surface area contributed by atoms with E-state index in [0.29, 0.717) is 11.5 Å². The van der Waals surface area contributed by atoms with E-state index < -0.39 is 10.0 Å². The van der Waals surface area contributed by atoms with E-state index in [9.17, 15) is 13.2 Å². The maximum Gasteiger partial charge on any atom is 0.251 e. The standard InChI is InChI=1S/C18H28N2O3S/c1-4-14(3)20-24(22,23)17-10-8-15(9-11-17)18(21)19-16-7-5-6-13(2)12-16/h8-11,13-14,16,20H,4-7,12H2,1-3H3,(H,19,21)/t13-,14+,16-/m0/s1. The number of hydrogen-bond donors (Lipinski definition) is 2. The van der Waals surface area contributed by atoms with E-state index in [1.165, 1.54) is 18.6 Å². The summed E-state index contributed by atoms with van der Waals surface area (Å²) in [6, 6.07) is 6.23. The van der Waals surface area contributed by atoms with Crippen LogP contribution in [-0.4, -0.2) is 26.4 Å². The summed E-state index contributed by atoms with van der Waals surface area (Å²) in [6.45, 7) is 5.96. The van der Waals surface area contributed by atoms with Gasteiger partial charge in [-0.15, -0.1) is 0 Å². The Morgan fingerprint density at radius 2 is 1.92 bits per heavy atom. The van der Waals surface area contributed by atoms with Gasteiger partial charge in [0.1, 0.15) is 0 Å². The first-order valence-electron chi connectivity index (χ1n) is 8.75. The Labute approximate surface area is 145 Å². The maximum atomic E-state index is 12.3. The second-order valence-corrected chi connectivity index (χ2v) is 8.61. The van der Waals surface area contributed by atoms with Crippen LogP contribution in [-0.2, 0) is 10.0 Å². The highest BCUT2D eigenvalue weighted by Gasteiger charge is 2.21. The Morgan fingerprint density at radius 1 is 1.25 bits per heavy atom. The molecule has 1 aliphatic rings. The summed E-state index contributed by atoms with van der Waals surface area (Å²) in [4.78, 5) is 12.5. The van der Waals surface area contributed by atoms with Crippen molar-refractivity contribution in [2.75, 3.05) is 0 Å². The molecule has 0 bridgehead atoms. The molecule has 0 saturated heterocycles. The normalized spacial score (nSPS) is 22.8. The molecule has 0 radical (unpaired) electrons. The third kappa shape index (κ3) is 5.05. The summed E-state index contributed by atoms with van der Waals surface area (Å²) in [5, 5.41) is 3.06. The van der Waals surface area contributed by atoms with Crippen molar-refractivity contribution < 1.29 is 13.2 Å². The summed E-state index contributed by atoms with van der Waals surface area (Å²) < 4.78 is 27.1. The molecular formula is C18H28N2O3S. The van der Waals surface area contributed by atoms with Crippen LogP contribution in [0, 0.1) is 5.92 Å². The van der Waals surface area contributed by atoms with Crippen LogP contribution in [0.5, 0.6) is 0 Å². The number of benzene rings is 1. The molecule has 0 spiro atoms. The fraction of sp³-hybridized carbons (Fsp3) is 0.611. The molecule has 1 aromatic rings. The minimum atomic E-state index is -3.53. The molecule has 0 aromatic heterocycles. The third-order valence-electron chi connectivity index (χ3n) is 4.67. The summed E-state index contributed by atoms with van der Waals surface area (Å²) in [7, 11) is -3.53. The average Bonchev–Trinajstić information content (AvgIpc) is 2.54. The minimum absolute atomic E-state index is 0.119. The van der Waals surface area contributed by atoms with Crippen LogP contribution < -0.4 is 10.0 Å². The van der Waals surface area contributed by atoms with Gasteiger partial charge in [-0.2, -0.15) is 0 Å². The van der Waals surface area contributed by atoms with Crippen LogP contribution in [0.3, 0.4) is 0 Å². The van der Waals surface area contributed by atoms with Crippen LogP contribution in [0.2, 0.25) is 0 Å². The van der Waals surface area contributed by atoms with Crippen molar-refractivity contribution >= 4 is 15.9 Å². The summed E-state index contributed by atoms with van der Waals surface area (Å²) in [5.74, 6) is 0.510. The zero-order valence-corrected chi connectivity index (χ0v) is 15.5. The van der Waals surface area contributed by atoms with Crippen LogP contribution in [0.1, 0.15) is 63.2 Å². The predicted molar refractivity (Wildman–Crippen MR) is 95.4 cm³/mol. The number of rotatable bonds is 6. The molecule has 1 saturated carbocycles. The highest BCUT2D eigenvalue weighted by atomic mass is 32.2. The lowest BCUT2D eigenvalue weighted by atomic mass is 9.87. The molecule has 0 heterocycles. The van der Waals surface area contributed by atoms with Gasteiger partial charge < -0.3 is 5.32 Å². The van der Waals surface area contributed by atoms with Crippen molar-refractivity contribution in [2.45, 2.75) is 69.9 Å².